The molecule has 6 heteroatoms. The third-order valence-corrected chi connectivity index (χ3v) is 2.29. The molecule has 0 rings (SSSR count). The molecule has 0 aliphatic heterocycles. The van der Waals surface area contributed by atoms with E-state index in [1.54, 1.807) is 19.6 Å². The molecule has 0 heterocycles. The Kier molecular flexibility index (Phi) is 4.17. The summed E-state index contributed by atoms with van der Waals surface area (Å²) in [5.74, 6) is -2.39. The van der Waals surface area contributed by atoms with Crippen LogP contribution in [-0.2, 0) is 9.22 Å². The lowest BCUT2D eigenvalue weighted by atomic mass is 10.1. The van der Waals surface area contributed by atoms with Gasteiger partial charge in [0.2, 0.25) is 8.32 Å². The minimum absolute atomic E-state index is 0.590. The maximum absolute atomic E-state index is 12.0. The molecule has 1 unspecified atom stereocenters. The number of hydrogen-bond donors (Lipinski definition) is 0. The van der Waals surface area contributed by atoms with Crippen molar-refractivity contribution in [1.82, 2.24) is 0 Å². The van der Waals surface area contributed by atoms with Crippen molar-refractivity contribution in [2.24, 2.45) is 5.92 Å². The number of rotatable bonds is 3. The molecule has 2 nitrogen and oxygen atoms in total. The SMILES string of the molecule is CC(CC(=O)O[Si](C)(C)C)C(F)(F)F. The first-order chi connectivity index (χ1) is 6.02. The molecule has 0 aliphatic rings. The molecule has 0 radical (unpaired) electrons. The van der Waals surface area contributed by atoms with E-state index in [1.807, 2.05) is 0 Å². The molecule has 0 aromatic rings. The van der Waals surface area contributed by atoms with Crippen molar-refractivity contribution in [2.45, 2.75) is 39.2 Å². The van der Waals surface area contributed by atoms with E-state index in [2.05, 4.69) is 0 Å². The van der Waals surface area contributed by atoms with Gasteiger partial charge in [0.15, 0.2) is 0 Å². The zero-order valence-corrected chi connectivity index (χ0v) is 9.73. The molecule has 84 valence electrons. The molecular weight excluding hydrogens is 213 g/mol. The fourth-order valence-electron chi connectivity index (χ4n) is 0.749. The Hall–Kier alpha value is -0.523. The minimum atomic E-state index is -4.32. The van der Waals surface area contributed by atoms with Crippen LogP contribution in [0.3, 0.4) is 0 Å². The number of hydrogen-bond acceptors (Lipinski definition) is 2. The van der Waals surface area contributed by atoms with Crippen molar-refractivity contribution in [2.75, 3.05) is 0 Å². The van der Waals surface area contributed by atoms with Crippen molar-refractivity contribution in [1.29, 1.82) is 0 Å². The Morgan fingerprint density at radius 1 is 1.36 bits per heavy atom. The topological polar surface area (TPSA) is 26.3 Å². The summed E-state index contributed by atoms with van der Waals surface area (Å²) >= 11 is 0. The highest BCUT2D eigenvalue weighted by Crippen LogP contribution is 2.28. The summed E-state index contributed by atoms with van der Waals surface area (Å²) < 4.78 is 41.0. The summed E-state index contributed by atoms with van der Waals surface area (Å²) in [5, 5.41) is 0. The fourth-order valence-corrected chi connectivity index (χ4v) is 1.52. The van der Waals surface area contributed by atoms with E-state index >= 15 is 0 Å². The normalized spacial score (nSPS) is 15.1. The lowest BCUT2D eigenvalue weighted by Gasteiger charge is -2.20. The summed E-state index contributed by atoms with van der Waals surface area (Å²) in [6, 6.07) is 0. The van der Waals surface area contributed by atoms with E-state index in [-0.39, 0.29) is 0 Å². The first-order valence-electron chi connectivity index (χ1n) is 4.31. The average Bonchev–Trinajstić information content (AvgIpc) is 1.79. The van der Waals surface area contributed by atoms with Gasteiger partial charge in [-0.3, -0.25) is 4.79 Å². The average molecular weight is 228 g/mol. The lowest BCUT2D eigenvalue weighted by Crippen LogP contribution is -2.32. The second-order valence-electron chi connectivity index (χ2n) is 4.23. The Bertz CT molecular complexity index is 208. The van der Waals surface area contributed by atoms with Gasteiger partial charge in [0, 0.05) is 0 Å². The van der Waals surface area contributed by atoms with Crippen LogP contribution in [0, 0.1) is 5.92 Å². The molecule has 0 saturated heterocycles. The smallest absolute Gasteiger partial charge is 0.392 e. The third kappa shape index (κ3) is 6.01. The van der Waals surface area contributed by atoms with Crippen LogP contribution in [0.25, 0.3) is 0 Å². The van der Waals surface area contributed by atoms with Gasteiger partial charge in [0.25, 0.3) is 5.97 Å². The molecule has 0 saturated carbocycles. The predicted molar refractivity (Wildman–Crippen MR) is 49.3 cm³/mol. The van der Waals surface area contributed by atoms with E-state index in [0.717, 1.165) is 6.92 Å². The van der Waals surface area contributed by atoms with Crippen LogP contribution in [0.1, 0.15) is 13.3 Å². The van der Waals surface area contributed by atoms with Crippen molar-refractivity contribution in [3.63, 3.8) is 0 Å². The van der Waals surface area contributed by atoms with Gasteiger partial charge in [0.05, 0.1) is 12.3 Å². The molecule has 0 aliphatic carbocycles. The van der Waals surface area contributed by atoms with Gasteiger partial charge < -0.3 is 4.43 Å². The van der Waals surface area contributed by atoms with Gasteiger partial charge in [-0.1, -0.05) is 6.92 Å². The predicted octanol–water partition coefficient (Wildman–Crippen LogP) is 2.95. The number of alkyl halides is 3. The molecule has 0 amide bonds. The Morgan fingerprint density at radius 3 is 2.07 bits per heavy atom. The standard InChI is InChI=1S/C8H15F3O2Si/c1-6(8(9,10)11)5-7(12)13-14(2,3)4/h6H,5H2,1-4H3. The molecule has 1 atom stereocenters. The van der Waals surface area contributed by atoms with Gasteiger partial charge in [-0.25, -0.2) is 0 Å². The molecule has 0 bridgehead atoms. The number of carbonyl (C=O) groups is 1. The van der Waals surface area contributed by atoms with Crippen LogP contribution < -0.4 is 0 Å². The summed E-state index contributed by atoms with van der Waals surface area (Å²) in [7, 11) is -2.06. The van der Waals surface area contributed by atoms with E-state index in [4.69, 9.17) is 4.43 Å². The highest BCUT2D eigenvalue weighted by Gasteiger charge is 2.38. The second-order valence-corrected chi connectivity index (χ2v) is 8.66. The van der Waals surface area contributed by atoms with Crippen LogP contribution in [0.15, 0.2) is 0 Å². The molecule has 0 aromatic carbocycles. The van der Waals surface area contributed by atoms with Gasteiger partial charge >= 0.3 is 6.18 Å². The Labute approximate surface area is 82.6 Å². The number of halogens is 3. The zero-order valence-electron chi connectivity index (χ0n) is 8.73. The third-order valence-electron chi connectivity index (χ3n) is 1.45. The summed E-state index contributed by atoms with van der Waals surface area (Å²) in [6.45, 7) is 6.24. The van der Waals surface area contributed by atoms with Crippen molar-refractivity contribution in [3.05, 3.63) is 0 Å². The Morgan fingerprint density at radius 2 is 1.79 bits per heavy atom. The van der Waals surface area contributed by atoms with Crippen LogP contribution in [0.4, 0.5) is 13.2 Å². The highest BCUT2D eigenvalue weighted by atomic mass is 28.4. The highest BCUT2D eigenvalue weighted by molar-refractivity contribution is 6.71. The summed E-state index contributed by atoms with van der Waals surface area (Å²) in [4.78, 5) is 11.0. The van der Waals surface area contributed by atoms with E-state index in [9.17, 15) is 18.0 Å². The maximum Gasteiger partial charge on any atom is 0.392 e. The molecule has 14 heavy (non-hydrogen) atoms. The Balaban J connectivity index is 4.09. The van der Waals surface area contributed by atoms with Crippen LogP contribution >= 0.6 is 0 Å². The lowest BCUT2D eigenvalue weighted by molar-refractivity contribution is -0.177. The van der Waals surface area contributed by atoms with Crippen molar-refractivity contribution in [3.8, 4) is 0 Å². The maximum atomic E-state index is 12.0. The first-order valence-corrected chi connectivity index (χ1v) is 7.72. The molecule has 0 spiro atoms. The van der Waals surface area contributed by atoms with E-state index in [0.29, 0.717) is 0 Å². The number of carbonyl (C=O) groups excluding carboxylic acids is 1. The molecule has 0 fully saturated rings. The van der Waals surface area contributed by atoms with Gasteiger partial charge in [-0.15, -0.1) is 0 Å². The van der Waals surface area contributed by atoms with Gasteiger partial charge in [-0.05, 0) is 19.6 Å². The van der Waals surface area contributed by atoms with E-state index in [1.165, 1.54) is 0 Å². The first kappa shape index (κ1) is 13.5. The van der Waals surface area contributed by atoms with E-state index < -0.39 is 32.8 Å². The van der Waals surface area contributed by atoms with Crippen LogP contribution in [0.2, 0.25) is 19.6 Å². The fraction of sp³-hybridized carbons (Fsp3) is 0.875. The summed E-state index contributed by atoms with van der Waals surface area (Å²) in [5.41, 5.74) is 0. The largest absolute Gasteiger partial charge is 0.520 e. The van der Waals surface area contributed by atoms with Gasteiger partial charge in [-0.2, -0.15) is 13.2 Å². The molecule has 0 aromatic heterocycles. The van der Waals surface area contributed by atoms with Crippen LogP contribution in [-0.4, -0.2) is 20.5 Å². The van der Waals surface area contributed by atoms with Crippen molar-refractivity contribution < 1.29 is 22.4 Å². The summed E-state index contributed by atoms with van der Waals surface area (Å²) in [6.07, 6.45) is -4.91. The van der Waals surface area contributed by atoms with Gasteiger partial charge in [0.1, 0.15) is 0 Å². The zero-order chi connectivity index (χ0) is 11.6. The van der Waals surface area contributed by atoms with Crippen LogP contribution in [0.5, 0.6) is 0 Å². The van der Waals surface area contributed by atoms with Crippen molar-refractivity contribution >= 4 is 14.3 Å². The second kappa shape index (κ2) is 4.33. The quantitative estimate of drug-likeness (QED) is 0.694. The molecule has 0 N–H and O–H groups in total. The molecular formula is C8H15F3O2Si. The minimum Gasteiger partial charge on any atom is -0.520 e. The monoisotopic (exact) mass is 228 g/mol.